The molecular weight excluding hydrogens is 370 g/mol. The lowest BCUT2D eigenvalue weighted by molar-refractivity contribution is -0.0503. The summed E-state index contributed by atoms with van der Waals surface area (Å²) in [5, 5.41) is 37.9. The first-order valence-electron chi connectivity index (χ1n) is 8.36. The van der Waals surface area contributed by atoms with Crippen LogP contribution in [0.4, 0.5) is 17.6 Å². The molecule has 1 aromatic carbocycles. The van der Waals surface area contributed by atoms with E-state index in [9.17, 15) is 20.1 Å². The van der Waals surface area contributed by atoms with Crippen molar-refractivity contribution in [2.75, 3.05) is 12.3 Å². The van der Waals surface area contributed by atoms with Gasteiger partial charge in [-0.15, -0.1) is 10.2 Å². The number of imidazole rings is 1. The van der Waals surface area contributed by atoms with Gasteiger partial charge < -0.3 is 25.8 Å². The van der Waals surface area contributed by atoms with Crippen LogP contribution in [-0.2, 0) is 4.74 Å². The molecule has 3 heterocycles. The predicted molar refractivity (Wildman–Crippen MR) is 96.2 cm³/mol. The fraction of sp³-hybridized carbons (Fsp3) is 0.312. The number of nitrogens with two attached hydrogens (primary N) is 1. The van der Waals surface area contributed by atoms with Gasteiger partial charge in [-0.05, 0) is 12.1 Å². The maximum absolute atomic E-state index is 12.2. The van der Waals surface area contributed by atoms with Crippen LogP contribution in [0.25, 0.3) is 11.2 Å². The summed E-state index contributed by atoms with van der Waals surface area (Å²) in [7, 11) is 0. The standard InChI is InChI=1S/C16H17N7O5/c17-15-19-12-9(13(27)20-15)18-16(22-21-7-4-2-1-3-5-7)23(12)14-11(26)10(25)8(6-24)28-14/h1-5,8,10-11,14,24-26H,6H2,(H3,17,19,20,27)/t8-,10+,11?,14-/m1/s1. The lowest BCUT2D eigenvalue weighted by atomic mass is 10.1. The van der Waals surface area contributed by atoms with Crippen molar-refractivity contribution in [1.82, 2.24) is 19.5 Å². The number of benzene rings is 1. The van der Waals surface area contributed by atoms with Crippen molar-refractivity contribution in [1.29, 1.82) is 0 Å². The number of azo groups is 1. The molecule has 28 heavy (non-hydrogen) atoms. The van der Waals surface area contributed by atoms with Crippen molar-refractivity contribution in [2.24, 2.45) is 10.2 Å². The molecule has 0 aliphatic carbocycles. The number of aliphatic hydroxyl groups is 3. The molecular formula is C16H17N7O5. The van der Waals surface area contributed by atoms with E-state index in [0.29, 0.717) is 5.69 Å². The summed E-state index contributed by atoms with van der Waals surface area (Å²) in [5.41, 5.74) is 5.46. The van der Waals surface area contributed by atoms with Crippen LogP contribution < -0.4 is 11.3 Å². The molecule has 1 aliphatic heterocycles. The number of anilines is 1. The molecule has 0 spiro atoms. The minimum atomic E-state index is -1.43. The smallest absolute Gasteiger partial charge is 0.280 e. The van der Waals surface area contributed by atoms with Gasteiger partial charge in [0.2, 0.25) is 5.95 Å². The second-order valence-corrected chi connectivity index (χ2v) is 6.17. The molecule has 1 saturated heterocycles. The number of fused-ring (bicyclic) bond motifs is 1. The van der Waals surface area contributed by atoms with Crippen LogP contribution in [0.1, 0.15) is 6.23 Å². The Morgan fingerprint density at radius 1 is 1.18 bits per heavy atom. The summed E-state index contributed by atoms with van der Waals surface area (Å²) >= 11 is 0. The van der Waals surface area contributed by atoms with E-state index < -0.39 is 36.7 Å². The lowest BCUT2D eigenvalue weighted by Crippen LogP contribution is -2.33. The molecule has 2 aromatic heterocycles. The van der Waals surface area contributed by atoms with E-state index in [0.717, 1.165) is 0 Å². The third-order valence-electron chi connectivity index (χ3n) is 4.33. The van der Waals surface area contributed by atoms with Crippen LogP contribution in [0.15, 0.2) is 45.4 Å². The highest BCUT2D eigenvalue weighted by Gasteiger charge is 2.45. The minimum absolute atomic E-state index is 0.00176. The lowest BCUT2D eigenvalue weighted by Gasteiger charge is -2.17. The number of hydrogen-bond donors (Lipinski definition) is 5. The van der Waals surface area contributed by atoms with Gasteiger partial charge in [0.05, 0.1) is 12.3 Å². The molecule has 0 amide bonds. The van der Waals surface area contributed by atoms with Crippen LogP contribution in [0.5, 0.6) is 0 Å². The Kier molecular flexibility index (Phi) is 4.60. The van der Waals surface area contributed by atoms with Gasteiger partial charge in [-0.1, -0.05) is 18.2 Å². The molecule has 3 aromatic rings. The van der Waals surface area contributed by atoms with Gasteiger partial charge in [0.25, 0.3) is 11.5 Å². The van der Waals surface area contributed by atoms with E-state index in [1.165, 1.54) is 4.57 Å². The van der Waals surface area contributed by atoms with Gasteiger partial charge in [-0.2, -0.15) is 4.98 Å². The monoisotopic (exact) mass is 387 g/mol. The fourth-order valence-corrected chi connectivity index (χ4v) is 2.98. The average Bonchev–Trinajstić information content (AvgIpc) is 3.18. The molecule has 1 unspecified atom stereocenters. The molecule has 6 N–H and O–H groups in total. The van der Waals surface area contributed by atoms with E-state index in [1.807, 2.05) is 6.07 Å². The molecule has 1 aliphatic rings. The summed E-state index contributed by atoms with van der Waals surface area (Å²) in [5.74, 6) is -0.255. The summed E-state index contributed by atoms with van der Waals surface area (Å²) in [6, 6.07) is 8.80. The number of rotatable bonds is 4. The Bertz CT molecular complexity index is 1080. The van der Waals surface area contributed by atoms with E-state index >= 15 is 0 Å². The van der Waals surface area contributed by atoms with Gasteiger partial charge in [-0.3, -0.25) is 14.3 Å². The maximum Gasteiger partial charge on any atom is 0.280 e. The maximum atomic E-state index is 12.2. The Labute approximate surface area is 157 Å². The SMILES string of the molecule is Nc1nc2c(nc(N=Nc3ccccc3)n2[C@@H]2O[C@H](CO)[C@H](O)C2O)c(=O)[nH]1. The topological polar surface area (TPSA) is 184 Å². The third kappa shape index (κ3) is 3.03. The second-order valence-electron chi connectivity index (χ2n) is 6.17. The number of ether oxygens (including phenoxy) is 1. The zero-order chi connectivity index (χ0) is 19.8. The van der Waals surface area contributed by atoms with Crippen LogP contribution in [0, 0.1) is 0 Å². The Hall–Kier alpha value is -3.19. The van der Waals surface area contributed by atoms with Gasteiger partial charge in [0.1, 0.15) is 18.3 Å². The van der Waals surface area contributed by atoms with Crippen molar-refractivity contribution < 1.29 is 20.1 Å². The average molecular weight is 387 g/mol. The van der Waals surface area contributed by atoms with Crippen molar-refractivity contribution in [3.8, 4) is 0 Å². The predicted octanol–water partition coefficient (Wildman–Crippen LogP) is -0.271. The number of H-pyrrole nitrogens is 1. The molecule has 4 rings (SSSR count). The van der Waals surface area contributed by atoms with Gasteiger partial charge >= 0.3 is 0 Å². The van der Waals surface area contributed by atoms with Crippen molar-refractivity contribution in [3.63, 3.8) is 0 Å². The third-order valence-corrected chi connectivity index (χ3v) is 4.33. The largest absolute Gasteiger partial charge is 0.394 e. The van der Waals surface area contributed by atoms with Crippen molar-refractivity contribution in [2.45, 2.75) is 24.5 Å². The van der Waals surface area contributed by atoms with Crippen LogP contribution in [-0.4, -0.2) is 59.8 Å². The van der Waals surface area contributed by atoms with Crippen molar-refractivity contribution in [3.05, 3.63) is 40.7 Å². The summed E-state index contributed by atoms with van der Waals surface area (Å²) < 4.78 is 6.76. The Morgan fingerprint density at radius 2 is 1.93 bits per heavy atom. The van der Waals surface area contributed by atoms with Crippen LogP contribution in [0.2, 0.25) is 0 Å². The van der Waals surface area contributed by atoms with Gasteiger partial charge in [0, 0.05) is 0 Å². The number of nitrogens with one attached hydrogen (secondary N) is 1. The zero-order valence-electron chi connectivity index (χ0n) is 14.4. The van der Waals surface area contributed by atoms with Crippen LogP contribution >= 0.6 is 0 Å². The number of aliphatic hydroxyl groups excluding tert-OH is 3. The molecule has 12 heteroatoms. The molecule has 12 nitrogen and oxygen atoms in total. The number of hydrogen-bond acceptors (Lipinski definition) is 10. The molecule has 0 saturated carbocycles. The van der Waals surface area contributed by atoms with Crippen molar-refractivity contribution >= 4 is 28.7 Å². The number of nitrogens with zero attached hydrogens (tertiary/aromatic N) is 5. The first kappa shape index (κ1) is 18.2. The summed E-state index contributed by atoms with van der Waals surface area (Å²) in [4.78, 5) is 22.7. The highest BCUT2D eigenvalue weighted by Crippen LogP contribution is 2.35. The quantitative estimate of drug-likeness (QED) is 0.379. The normalized spacial score (nSPS) is 25.1. The van der Waals surface area contributed by atoms with E-state index in [4.69, 9.17) is 10.5 Å². The minimum Gasteiger partial charge on any atom is -0.394 e. The molecule has 146 valence electrons. The molecule has 1 fully saturated rings. The highest BCUT2D eigenvalue weighted by atomic mass is 16.6. The summed E-state index contributed by atoms with van der Waals surface area (Å²) in [6.07, 6.45) is -5.03. The molecule has 4 atom stereocenters. The first-order chi connectivity index (χ1) is 13.5. The second kappa shape index (κ2) is 7.09. The number of aromatic amines is 1. The molecule has 0 radical (unpaired) electrons. The molecule has 0 bridgehead atoms. The zero-order valence-corrected chi connectivity index (χ0v) is 14.4. The first-order valence-corrected chi connectivity index (χ1v) is 8.36. The number of aromatic nitrogens is 4. The van der Waals surface area contributed by atoms with E-state index in [-0.39, 0.29) is 23.1 Å². The summed E-state index contributed by atoms with van der Waals surface area (Å²) in [6.45, 7) is -0.516. The van der Waals surface area contributed by atoms with Crippen LogP contribution in [0.3, 0.4) is 0 Å². The van der Waals surface area contributed by atoms with E-state index in [2.05, 4.69) is 25.2 Å². The van der Waals surface area contributed by atoms with E-state index in [1.54, 1.807) is 24.3 Å². The fourth-order valence-electron chi connectivity index (χ4n) is 2.98. The Morgan fingerprint density at radius 3 is 2.61 bits per heavy atom. The van der Waals surface area contributed by atoms with Gasteiger partial charge in [0.15, 0.2) is 17.4 Å². The Balaban J connectivity index is 1.87. The number of nitrogen functional groups attached to an aromatic ring is 1. The van der Waals surface area contributed by atoms with Gasteiger partial charge in [-0.25, -0.2) is 4.98 Å². The highest BCUT2D eigenvalue weighted by molar-refractivity contribution is 5.74.